The van der Waals surface area contributed by atoms with E-state index >= 15 is 0 Å². The third kappa shape index (κ3) is 2.49. The fourth-order valence-electron chi connectivity index (χ4n) is 1.77. The van der Waals surface area contributed by atoms with Gasteiger partial charge in [-0.25, -0.2) is 9.59 Å². The van der Waals surface area contributed by atoms with Crippen molar-refractivity contribution in [3.05, 3.63) is 47.2 Å². The lowest BCUT2D eigenvalue weighted by atomic mass is 9.92. The maximum atomic E-state index is 12.1. The van der Waals surface area contributed by atoms with Gasteiger partial charge in [0.15, 0.2) is 0 Å². The van der Waals surface area contributed by atoms with E-state index in [0.717, 1.165) is 0 Å². The van der Waals surface area contributed by atoms with Crippen LogP contribution < -0.4 is 16.8 Å². The van der Waals surface area contributed by atoms with Crippen LogP contribution in [0.1, 0.15) is 15.9 Å². The second kappa shape index (κ2) is 4.73. The molecule has 0 atom stereocenters. The maximum Gasteiger partial charge on any atom is 0.338 e. The van der Waals surface area contributed by atoms with Crippen LogP contribution in [0.5, 0.6) is 0 Å². The zero-order chi connectivity index (χ0) is 14.0. The molecule has 0 radical (unpaired) electrons. The normalized spacial score (nSPS) is 15.7. The standard InChI is InChI=1S/C12H10N4O3/c13-11(18)15-8-5-9(16-12(14)19)10(17)7-4-2-1-3-6(7)8/h1-5H,(H2,13,18)(H3,14,16,19)/b15-8-. The average Bonchev–Trinajstić information content (AvgIpc) is 2.34. The number of fused-ring (bicyclic) bond motifs is 1. The number of nitrogens with zero attached hydrogens (tertiary/aromatic N) is 1. The van der Waals surface area contributed by atoms with E-state index in [1.54, 1.807) is 24.3 Å². The summed E-state index contributed by atoms with van der Waals surface area (Å²) in [6.07, 6.45) is 1.26. The molecule has 0 unspecified atom stereocenters. The summed E-state index contributed by atoms with van der Waals surface area (Å²) < 4.78 is 0. The van der Waals surface area contributed by atoms with Gasteiger partial charge in [0.25, 0.3) is 0 Å². The van der Waals surface area contributed by atoms with E-state index in [-0.39, 0.29) is 11.4 Å². The Bertz CT molecular complexity index is 646. The molecule has 5 N–H and O–H groups in total. The number of nitrogens with one attached hydrogen (secondary N) is 1. The zero-order valence-electron chi connectivity index (χ0n) is 9.71. The van der Waals surface area contributed by atoms with Crippen LogP contribution in [-0.4, -0.2) is 23.6 Å². The Morgan fingerprint density at radius 3 is 2.32 bits per heavy atom. The Morgan fingerprint density at radius 2 is 1.74 bits per heavy atom. The molecule has 1 aliphatic carbocycles. The number of benzene rings is 1. The summed E-state index contributed by atoms with van der Waals surface area (Å²) in [5.41, 5.74) is 10.9. The van der Waals surface area contributed by atoms with Crippen LogP contribution in [-0.2, 0) is 0 Å². The minimum Gasteiger partial charge on any atom is -0.351 e. The minimum absolute atomic E-state index is 0.0498. The van der Waals surface area contributed by atoms with Gasteiger partial charge < -0.3 is 16.8 Å². The van der Waals surface area contributed by atoms with Crippen molar-refractivity contribution in [1.29, 1.82) is 0 Å². The first-order chi connectivity index (χ1) is 8.99. The Kier molecular flexibility index (Phi) is 3.11. The fraction of sp³-hybridized carbons (Fsp3) is 0. The largest absolute Gasteiger partial charge is 0.351 e. The third-order valence-corrected chi connectivity index (χ3v) is 2.46. The highest BCUT2D eigenvalue weighted by molar-refractivity contribution is 6.27. The molecule has 7 heteroatoms. The van der Waals surface area contributed by atoms with Crippen LogP contribution in [0.3, 0.4) is 0 Å². The molecule has 1 aromatic rings. The topological polar surface area (TPSA) is 128 Å². The van der Waals surface area contributed by atoms with Crippen molar-refractivity contribution in [2.75, 3.05) is 0 Å². The SMILES string of the molecule is NC(=O)/N=C1/C=C(NC(N)=O)C(=O)c2ccccc21. The third-order valence-electron chi connectivity index (χ3n) is 2.46. The summed E-state index contributed by atoms with van der Waals surface area (Å²) in [5.74, 6) is -0.405. The number of amides is 4. The quantitative estimate of drug-likeness (QED) is 0.670. The number of carbonyl (C=O) groups is 3. The van der Waals surface area contributed by atoms with Crippen molar-refractivity contribution >= 4 is 23.6 Å². The van der Waals surface area contributed by atoms with Crippen molar-refractivity contribution in [1.82, 2.24) is 5.32 Å². The van der Waals surface area contributed by atoms with Gasteiger partial charge in [0.1, 0.15) is 0 Å². The molecule has 2 rings (SSSR count). The van der Waals surface area contributed by atoms with Gasteiger partial charge in [-0.3, -0.25) is 4.79 Å². The van der Waals surface area contributed by atoms with Crippen LogP contribution in [0.25, 0.3) is 0 Å². The molecule has 4 amide bonds. The van der Waals surface area contributed by atoms with E-state index in [4.69, 9.17) is 11.5 Å². The zero-order valence-corrected chi connectivity index (χ0v) is 9.71. The number of hydrogen-bond acceptors (Lipinski definition) is 3. The first-order valence-electron chi connectivity index (χ1n) is 5.29. The highest BCUT2D eigenvalue weighted by Crippen LogP contribution is 2.20. The van der Waals surface area contributed by atoms with Gasteiger partial charge in [-0.1, -0.05) is 24.3 Å². The van der Waals surface area contributed by atoms with Crippen molar-refractivity contribution < 1.29 is 14.4 Å². The van der Waals surface area contributed by atoms with Crippen molar-refractivity contribution in [2.45, 2.75) is 0 Å². The number of nitrogens with two attached hydrogens (primary N) is 2. The molecule has 96 valence electrons. The summed E-state index contributed by atoms with van der Waals surface area (Å²) in [5, 5.41) is 2.19. The molecule has 0 fully saturated rings. The second-order valence-electron chi connectivity index (χ2n) is 3.76. The molecule has 0 aliphatic heterocycles. The number of urea groups is 2. The fourth-order valence-corrected chi connectivity index (χ4v) is 1.77. The molecule has 0 saturated carbocycles. The first-order valence-corrected chi connectivity index (χ1v) is 5.29. The highest BCUT2D eigenvalue weighted by atomic mass is 16.2. The van der Waals surface area contributed by atoms with Gasteiger partial charge in [-0.05, 0) is 6.08 Å². The highest BCUT2D eigenvalue weighted by Gasteiger charge is 2.24. The minimum atomic E-state index is -0.895. The molecule has 0 aromatic heterocycles. The molecular weight excluding hydrogens is 248 g/mol. The van der Waals surface area contributed by atoms with Gasteiger partial charge in [-0.2, -0.15) is 4.99 Å². The number of carbonyl (C=O) groups excluding carboxylic acids is 3. The summed E-state index contributed by atoms with van der Waals surface area (Å²) in [7, 11) is 0. The van der Waals surface area contributed by atoms with Crippen LogP contribution in [0.15, 0.2) is 41.0 Å². The molecular formula is C12H10N4O3. The van der Waals surface area contributed by atoms with E-state index in [1.165, 1.54) is 6.08 Å². The van der Waals surface area contributed by atoms with E-state index in [9.17, 15) is 14.4 Å². The maximum absolute atomic E-state index is 12.1. The van der Waals surface area contributed by atoms with Crippen LogP contribution in [0, 0.1) is 0 Å². The van der Waals surface area contributed by atoms with E-state index < -0.39 is 17.8 Å². The van der Waals surface area contributed by atoms with Crippen molar-refractivity contribution in [3.63, 3.8) is 0 Å². The molecule has 19 heavy (non-hydrogen) atoms. The number of hydrogen-bond donors (Lipinski definition) is 3. The number of aliphatic imine (C=N–C) groups is 1. The van der Waals surface area contributed by atoms with Gasteiger partial charge in [-0.15, -0.1) is 0 Å². The van der Waals surface area contributed by atoms with Gasteiger partial charge >= 0.3 is 12.1 Å². The predicted molar refractivity (Wildman–Crippen MR) is 67.7 cm³/mol. The lowest BCUT2D eigenvalue weighted by molar-refractivity contribution is 0.102. The molecule has 1 aliphatic rings. The Balaban J connectivity index is 2.58. The monoisotopic (exact) mass is 258 g/mol. The molecule has 0 spiro atoms. The van der Waals surface area contributed by atoms with E-state index in [2.05, 4.69) is 10.3 Å². The summed E-state index contributed by atoms with van der Waals surface area (Å²) in [6, 6.07) is 4.77. The van der Waals surface area contributed by atoms with Crippen LogP contribution >= 0.6 is 0 Å². The van der Waals surface area contributed by atoms with Crippen LogP contribution in [0.4, 0.5) is 9.59 Å². The van der Waals surface area contributed by atoms with Crippen LogP contribution in [0.2, 0.25) is 0 Å². The molecule has 7 nitrogen and oxygen atoms in total. The van der Waals surface area contributed by atoms with Crippen molar-refractivity contribution in [2.24, 2.45) is 16.5 Å². The average molecular weight is 258 g/mol. The predicted octanol–water partition coefficient (Wildman–Crippen LogP) is 0.303. The summed E-state index contributed by atoms with van der Waals surface area (Å²) in [6.45, 7) is 0. The lowest BCUT2D eigenvalue weighted by Crippen LogP contribution is -2.35. The summed E-state index contributed by atoms with van der Waals surface area (Å²) in [4.78, 5) is 37.4. The lowest BCUT2D eigenvalue weighted by Gasteiger charge is -2.16. The molecule has 0 bridgehead atoms. The molecule has 0 saturated heterocycles. The van der Waals surface area contributed by atoms with Gasteiger partial charge in [0.05, 0.1) is 11.4 Å². The van der Waals surface area contributed by atoms with Crippen molar-refractivity contribution in [3.8, 4) is 0 Å². The number of rotatable bonds is 1. The molecule has 1 aromatic carbocycles. The van der Waals surface area contributed by atoms with E-state index in [0.29, 0.717) is 11.1 Å². The Hall–Kier alpha value is -2.96. The number of allylic oxidation sites excluding steroid dienone is 2. The van der Waals surface area contributed by atoms with Gasteiger partial charge in [0.2, 0.25) is 5.78 Å². The molecule has 0 heterocycles. The number of Topliss-reactive ketones (excluding diaryl/α,β-unsaturated/α-hetero) is 1. The number of primary amides is 2. The first kappa shape index (κ1) is 12.5. The Labute approximate surface area is 108 Å². The summed E-state index contributed by atoms with van der Waals surface area (Å²) >= 11 is 0. The smallest absolute Gasteiger partial charge is 0.338 e. The number of ketones is 1. The second-order valence-corrected chi connectivity index (χ2v) is 3.76. The van der Waals surface area contributed by atoms with Gasteiger partial charge in [0, 0.05) is 11.1 Å². The van der Waals surface area contributed by atoms with E-state index in [1.807, 2.05) is 0 Å². The Morgan fingerprint density at radius 1 is 1.11 bits per heavy atom.